The van der Waals surface area contributed by atoms with Gasteiger partial charge in [0, 0.05) is 23.7 Å². The van der Waals surface area contributed by atoms with Gasteiger partial charge in [-0.05, 0) is 23.4 Å². The van der Waals surface area contributed by atoms with Crippen molar-refractivity contribution < 1.29 is 4.74 Å². The number of guanidine groups is 1. The summed E-state index contributed by atoms with van der Waals surface area (Å²) in [6.45, 7) is 1.30. The number of aromatic nitrogens is 1. The molecule has 0 aliphatic carbocycles. The summed E-state index contributed by atoms with van der Waals surface area (Å²) in [7, 11) is 1.59. The first-order chi connectivity index (χ1) is 9.78. The molecule has 0 atom stereocenters. The Kier molecular flexibility index (Phi) is 8.06. The molecule has 0 aliphatic heterocycles. The molecule has 7 heteroatoms. The van der Waals surface area contributed by atoms with E-state index in [1.807, 2.05) is 18.2 Å². The average Bonchev–Trinajstić information content (AvgIpc) is 2.99. The van der Waals surface area contributed by atoms with Gasteiger partial charge in [-0.25, -0.2) is 9.98 Å². The molecule has 0 fully saturated rings. The summed E-state index contributed by atoms with van der Waals surface area (Å²) in [5.41, 5.74) is 6.81. The lowest BCUT2D eigenvalue weighted by molar-refractivity contribution is 0.397. The van der Waals surface area contributed by atoms with Gasteiger partial charge in [0.15, 0.2) is 5.96 Å². The minimum absolute atomic E-state index is 0. The highest BCUT2D eigenvalue weighted by Crippen LogP contribution is 2.08. The summed E-state index contributed by atoms with van der Waals surface area (Å²) in [4.78, 5) is 9.73. The third-order valence-electron chi connectivity index (χ3n) is 2.70. The van der Waals surface area contributed by atoms with Crippen molar-refractivity contribution in [3.05, 3.63) is 46.3 Å². The molecule has 0 amide bonds. The number of hydrogen-bond donors (Lipinski definition) is 2. The number of ether oxygens (including phenoxy) is 1. The molecule has 3 N–H and O–H groups in total. The fraction of sp³-hybridized carbons (Fsp3) is 0.286. The zero-order chi connectivity index (χ0) is 14.2. The minimum atomic E-state index is 0. The summed E-state index contributed by atoms with van der Waals surface area (Å²) in [5.74, 6) is 1.05. The molecule has 21 heavy (non-hydrogen) atoms. The molecule has 114 valence electrons. The van der Waals surface area contributed by atoms with Crippen molar-refractivity contribution in [1.29, 1.82) is 0 Å². The molecular formula is C14H19IN4OS. The number of pyridine rings is 1. The van der Waals surface area contributed by atoms with Crippen molar-refractivity contribution in [2.75, 3.05) is 13.7 Å². The summed E-state index contributed by atoms with van der Waals surface area (Å²) < 4.78 is 5.00. The Hall–Kier alpha value is -1.35. The van der Waals surface area contributed by atoms with Crippen molar-refractivity contribution in [1.82, 2.24) is 10.3 Å². The van der Waals surface area contributed by atoms with E-state index < -0.39 is 0 Å². The number of aliphatic imine (C=N–C) groups is 1. The molecule has 0 aromatic carbocycles. The molecule has 0 unspecified atom stereocenters. The summed E-state index contributed by atoms with van der Waals surface area (Å²) in [6, 6.07) is 7.90. The molecule has 0 bridgehead atoms. The molecule has 2 aromatic heterocycles. The second kappa shape index (κ2) is 9.56. The third kappa shape index (κ3) is 6.30. The van der Waals surface area contributed by atoms with Gasteiger partial charge >= 0.3 is 0 Å². The van der Waals surface area contributed by atoms with Gasteiger partial charge in [-0.15, -0.1) is 35.3 Å². The normalized spacial score (nSPS) is 10.8. The van der Waals surface area contributed by atoms with Crippen LogP contribution in [-0.4, -0.2) is 24.6 Å². The van der Waals surface area contributed by atoms with E-state index in [2.05, 4.69) is 26.7 Å². The van der Waals surface area contributed by atoms with Crippen molar-refractivity contribution >= 4 is 41.3 Å². The average molecular weight is 418 g/mol. The van der Waals surface area contributed by atoms with Crippen LogP contribution in [0.3, 0.4) is 0 Å². The van der Waals surface area contributed by atoms with Crippen LogP contribution in [-0.2, 0) is 13.0 Å². The van der Waals surface area contributed by atoms with Crippen molar-refractivity contribution in [2.45, 2.75) is 13.0 Å². The zero-order valence-corrected chi connectivity index (χ0v) is 14.9. The van der Waals surface area contributed by atoms with Gasteiger partial charge in [-0.2, -0.15) is 0 Å². The number of nitrogens with zero attached hydrogens (tertiary/aromatic N) is 2. The zero-order valence-electron chi connectivity index (χ0n) is 11.8. The Bertz CT molecular complexity index is 543. The standard InChI is InChI=1S/C14H18N4OS.HI/c1-19-13-5-4-11(9-17-13)10-18-14(15)16-7-6-12-3-2-8-20-12;/h2-5,8-9H,6-7,10H2,1H3,(H3,15,16,18);1H. The third-order valence-corrected chi connectivity index (χ3v) is 3.63. The van der Waals surface area contributed by atoms with E-state index in [0.717, 1.165) is 18.5 Å². The van der Waals surface area contributed by atoms with Crippen molar-refractivity contribution in [2.24, 2.45) is 10.7 Å². The number of methoxy groups -OCH3 is 1. The Balaban J connectivity index is 0.00000220. The number of thiophene rings is 1. The van der Waals surface area contributed by atoms with Gasteiger partial charge in [-0.3, -0.25) is 0 Å². The maximum Gasteiger partial charge on any atom is 0.212 e. The van der Waals surface area contributed by atoms with E-state index in [1.165, 1.54) is 4.88 Å². The summed E-state index contributed by atoms with van der Waals surface area (Å²) >= 11 is 1.75. The van der Waals surface area contributed by atoms with E-state index in [1.54, 1.807) is 24.6 Å². The predicted octanol–water partition coefficient (Wildman–Crippen LogP) is 2.42. The van der Waals surface area contributed by atoms with Crippen LogP contribution in [0.1, 0.15) is 10.4 Å². The molecule has 2 heterocycles. The molecule has 2 rings (SSSR count). The van der Waals surface area contributed by atoms with Crippen LogP contribution in [0, 0.1) is 0 Å². The van der Waals surface area contributed by atoms with Crippen LogP contribution < -0.4 is 15.8 Å². The molecule has 0 saturated carbocycles. The minimum Gasteiger partial charge on any atom is -0.481 e. The molecular weight excluding hydrogens is 399 g/mol. The summed E-state index contributed by atoms with van der Waals surface area (Å²) in [6.07, 6.45) is 2.69. The Morgan fingerprint density at radius 3 is 2.90 bits per heavy atom. The van der Waals surface area contributed by atoms with Crippen molar-refractivity contribution in [3.63, 3.8) is 0 Å². The molecule has 0 saturated heterocycles. The lowest BCUT2D eigenvalue weighted by atomic mass is 10.3. The molecule has 0 spiro atoms. The van der Waals surface area contributed by atoms with E-state index in [9.17, 15) is 0 Å². The van der Waals surface area contributed by atoms with Gasteiger partial charge < -0.3 is 15.8 Å². The second-order valence-electron chi connectivity index (χ2n) is 4.17. The maximum atomic E-state index is 5.81. The maximum absolute atomic E-state index is 5.81. The first-order valence-electron chi connectivity index (χ1n) is 6.33. The lowest BCUT2D eigenvalue weighted by Gasteiger charge is -2.05. The number of nitrogens with two attached hydrogens (primary N) is 1. The van der Waals surface area contributed by atoms with E-state index in [4.69, 9.17) is 10.5 Å². The lowest BCUT2D eigenvalue weighted by Crippen LogP contribution is -2.33. The van der Waals surface area contributed by atoms with Crippen LogP contribution in [0.15, 0.2) is 40.8 Å². The Morgan fingerprint density at radius 1 is 1.43 bits per heavy atom. The largest absolute Gasteiger partial charge is 0.481 e. The van der Waals surface area contributed by atoms with Crippen molar-refractivity contribution in [3.8, 4) is 5.88 Å². The van der Waals surface area contributed by atoms with Crippen LogP contribution in [0.5, 0.6) is 5.88 Å². The van der Waals surface area contributed by atoms with Gasteiger partial charge in [0.1, 0.15) is 0 Å². The van der Waals surface area contributed by atoms with Crippen LogP contribution in [0.25, 0.3) is 0 Å². The Labute approximate surface area is 145 Å². The predicted molar refractivity (Wildman–Crippen MR) is 97.6 cm³/mol. The Morgan fingerprint density at radius 2 is 2.29 bits per heavy atom. The van der Waals surface area contributed by atoms with E-state index >= 15 is 0 Å². The highest BCUT2D eigenvalue weighted by atomic mass is 127. The SMILES string of the molecule is COc1ccc(CN=C(N)NCCc2cccs2)cn1.I. The number of rotatable bonds is 6. The van der Waals surface area contributed by atoms with Gasteiger partial charge in [0.2, 0.25) is 5.88 Å². The molecule has 0 aliphatic rings. The number of hydrogen-bond acceptors (Lipinski definition) is 4. The highest BCUT2D eigenvalue weighted by molar-refractivity contribution is 14.0. The number of halogens is 1. The van der Waals surface area contributed by atoms with Crippen LogP contribution in [0.2, 0.25) is 0 Å². The summed E-state index contributed by atoms with van der Waals surface area (Å²) in [5, 5.41) is 5.18. The highest BCUT2D eigenvalue weighted by Gasteiger charge is 1.97. The fourth-order valence-electron chi connectivity index (χ4n) is 1.63. The fourth-order valence-corrected chi connectivity index (χ4v) is 2.34. The number of nitrogens with one attached hydrogen (secondary N) is 1. The molecule has 5 nitrogen and oxygen atoms in total. The molecule has 2 aromatic rings. The smallest absolute Gasteiger partial charge is 0.212 e. The van der Waals surface area contributed by atoms with E-state index in [-0.39, 0.29) is 24.0 Å². The topological polar surface area (TPSA) is 72.5 Å². The first kappa shape index (κ1) is 17.7. The first-order valence-corrected chi connectivity index (χ1v) is 7.21. The van der Waals surface area contributed by atoms with E-state index in [0.29, 0.717) is 18.4 Å². The monoisotopic (exact) mass is 418 g/mol. The van der Waals surface area contributed by atoms with Gasteiger partial charge in [0.25, 0.3) is 0 Å². The van der Waals surface area contributed by atoms with Crippen LogP contribution >= 0.6 is 35.3 Å². The quantitative estimate of drug-likeness (QED) is 0.430. The van der Waals surface area contributed by atoms with Gasteiger partial charge in [-0.1, -0.05) is 12.1 Å². The second-order valence-corrected chi connectivity index (χ2v) is 5.20. The molecule has 0 radical (unpaired) electrons. The van der Waals surface area contributed by atoms with Gasteiger partial charge in [0.05, 0.1) is 13.7 Å². The van der Waals surface area contributed by atoms with Crippen LogP contribution in [0.4, 0.5) is 0 Å².